The van der Waals surface area contributed by atoms with Gasteiger partial charge in [-0.15, -0.1) is 0 Å². The van der Waals surface area contributed by atoms with Crippen molar-refractivity contribution in [3.63, 3.8) is 0 Å². The minimum atomic E-state index is 0.300. The fraction of sp³-hybridized carbons (Fsp3) is 0.0833. The van der Waals surface area contributed by atoms with E-state index in [0.717, 1.165) is 27.6 Å². The third-order valence-electron chi connectivity index (χ3n) is 2.86. The summed E-state index contributed by atoms with van der Waals surface area (Å²) in [7, 11) is 0. The Hall–Kier alpha value is -1.94. The van der Waals surface area contributed by atoms with Crippen molar-refractivity contribution in [1.29, 1.82) is 0 Å². The highest BCUT2D eigenvalue weighted by Crippen LogP contribution is 2.33. The lowest BCUT2D eigenvalue weighted by molar-refractivity contribution is 0.436. The van der Waals surface area contributed by atoms with Crippen molar-refractivity contribution in [2.24, 2.45) is 0 Å². The standard InChI is InChI=1S/C12H10ClN3O/c1-6-4-15-11-8(6)2-7(3-10(11)13)9-5-16-17-12(9)14/h2-5,15H,14H2,1H3. The van der Waals surface area contributed by atoms with E-state index in [9.17, 15) is 0 Å². The molecule has 3 rings (SSSR count). The monoisotopic (exact) mass is 247 g/mol. The molecule has 2 heterocycles. The number of halogens is 1. The highest BCUT2D eigenvalue weighted by Gasteiger charge is 2.11. The van der Waals surface area contributed by atoms with Gasteiger partial charge in [0.25, 0.3) is 0 Å². The van der Waals surface area contributed by atoms with Crippen LogP contribution < -0.4 is 5.73 Å². The van der Waals surface area contributed by atoms with Gasteiger partial charge in [0.1, 0.15) is 0 Å². The van der Waals surface area contributed by atoms with Crippen molar-refractivity contribution in [3.05, 3.63) is 35.1 Å². The van der Waals surface area contributed by atoms with E-state index in [-0.39, 0.29) is 0 Å². The van der Waals surface area contributed by atoms with Crippen molar-refractivity contribution >= 4 is 28.4 Å². The van der Waals surface area contributed by atoms with Crippen LogP contribution in [0.5, 0.6) is 0 Å². The van der Waals surface area contributed by atoms with Gasteiger partial charge in [0, 0.05) is 11.6 Å². The fourth-order valence-corrected chi connectivity index (χ4v) is 2.22. The maximum atomic E-state index is 6.22. The fourth-order valence-electron chi connectivity index (χ4n) is 1.94. The van der Waals surface area contributed by atoms with Crippen molar-refractivity contribution < 1.29 is 4.52 Å². The van der Waals surface area contributed by atoms with E-state index in [2.05, 4.69) is 10.1 Å². The molecule has 0 aliphatic heterocycles. The Balaban J connectivity index is 2.32. The third-order valence-corrected chi connectivity index (χ3v) is 3.16. The number of rotatable bonds is 1. The van der Waals surface area contributed by atoms with Gasteiger partial charge in [0.05, 0.1) is 22.3 Å². The molecule has 0 amide bonds. The number of nitrogens with one attached hydrogen (secondary N) is 1. The van der Waals surface area contributed by atoms with Crippen LogP contribution in [0.4, 0.5) is 5.88 Å². The SMILES string of the molecule is Cc1c[nH]c2c(Cl)cc(-c3cnoc3N)cc12. The lowest BCUT2D eigenvalue weighted by Gasteiger charge is -2.02. The molecule has 0 aliphatic carbocycles. The van der Waals surface area contributed by atoms with Crippen molar-refractivity contribution in [2.75, 3.05) is 5.73 Å². The Labute approximate surface area is 102 Å². The molecule has 0 saturated carbocycles. The van der Waals surface area contributed by atoms with Gasteiger partial charge in [-0.1, -0.05) is 16.8 Å². The molecule has 2 aromatic heterocycles. The van der Waals surface area contributed by atoms with Gasteiger partial charge in [-0.3, -0.25) is 0 Å². The molecule has 0 fully saturated rings. The first-order valence-corrected chi connectivity index (χ1v) is 5.52. The van der Waals surface area contributed by atoms with E-state index in [1.54, 1.807) is 6.20 Å². The van der Waals surface area contributed by atoms with Crippen LogP contribution in [0.3, 0.4) is 0 Å². The number of H-pyrrole nitrogens is 1. The zero-order valence-electron chi connectivity index (χ0n) is 9.12. The lowest BCUT2D eigenvalue weighted by Crippen LogP contribution is -1.85. The first-order valence-electron chi connectivity index (χ1n) is 5.14. The zero-order chi connectivity index (χ0) is 12.0. The van der Waals surface area contributed by atoms with E-state index in [4.69, 9.17) is 21.9 Å². The van der Waals surface area contributed by atoms with E-state index >= 15 is 0 Å². The predicted molar refractivity (Wildman–Crippen MR) is 68.0 cm³/mol. The summed E-state index contributed by atoms with van der Waals surface area (Å²) in [5, 5.41) is 5.40. The largest absolute Gasteiger partial charge is 0.367 e. The maximum Gasteiger partial charge on any atom is 0.229 e. The number of benzene rings is 1. The van der Waals surface area contributed by atoms with E-state index < -0.39 is 0 Å². The first kappa shape index (κ1) is 10.2. The van der Waals surface area contributed by atoms with Crippen LogP contribution in [0, 0.1) is 6.92 Å². The average molecular weight is 248 g/mol. The number of anilines is 1. The van der Waals surface area contributed by atoms with E-state index in [0.29, 0.717) is 10.9 Å². The summed E-state index contributed by atoms with van der Waals surface area (Å²) in [6.45, 7) is 2.02. The van der Waals surface area contributed by atoms with Gasteiger partial charge in [-0.2, -0.15) is 0 Å². The smallest absolute Gasteiger partial charge is 0.229 e. The normalized spacial score (nSPS) is 11.2. The molecule has 0 radical (unpaired) electrons. The minimum Gasteiger partial charge on any atom is -0.367 e. The quantitative estimate of drug-likeness (QED) is 0.693. The van der Waals surface area contributed by atoms with Crippen LogP contribution in [0.25, 0.3) is 22.0 Å². The first-order chi connectivity index (χ1) is 8.16. The summed E-state index contributed by atoms with van der Waals surface area (Å²) < 4.78 is 4.86. The van der Waals surface area contributed by atoms with Gasteiger partial charge in [0.15, 0.2) is 0 Å². The third kappa shape index (κ3) is 1.49. The van der Waals surface area contributed by atoms with Crippen LogP contribution in [0.1, 0.15) is 5.56 Å². The van der Waals surface area contributed by atoms with Crippen molar-refractivity contribution in [1.82, 2.24) is 10.1 Å². The summed E-state index contributed by atoms with van der Waals surface area (Å²) in [6, 6.07) is 3.87. The van der Waals surface area contributed by atoms with Crippen LogP contribution in [-0.4, -0.2) is 10.1 Å². The summed E-state index contributed by atoms with van der Waals surface area (Å²) in [5.74, 6) is 0.300. The Kier molecular flexibility index (Phi) is 2.12. The zero-order valence-corrected chi connectivity index (χ0v) is 9.88. The van der Waals surface area contributed by atoms with Crippen molar-refractivity contribution in [3.8, 4) is 11.1 Å². The average Bonchev–Trinajstić information content (AvgIpc) is 2.86. The summed E-state index contributed by atoms with van der Waals surface area (Å²) in [5.41, 5.74) is 9.44. The number of hydrogen-bond donors (Lipinski definition) is 2. The second-order valence-corrected chi connectivity index (χ2v) is 4.36. The molecule has 0 atom stereocenters. The molecule has 0 aliphatic rings. The van der Waals surface area contributed by atoms with Gasteiger partial charge in [-0.05, 0) is 30.2 Å². The lowest BCUT2D eigenvalue weighted by atomic mass is 10.1. The number of aromatic amines is 1. The number of hydrogen-bond acceptors (Lipinski definition) is 3. The topological polar surface area (TPSA) is 67.8 Å². The molecule has 0 unspecified atom stereocenters. The van der Waals surface area contributed by atoms with Crippen LogP contribution in [-0.2, 0) is 0 Å². The molecule has 1 aromatic carbocycles. The predicted octanol–water partition coefficient (Wildman–Crippen LogP) is 3.37. The van der Waals surface area contributed by atoms with Crippen LogP contribution in [0.2, 0.25) is 5.02 Å². The van der Waals surface area contributed by atoms with Gasteiger partial charge < -0.3 is 15.2 Å². The van der Waals surface area contributed by atoms with Crippen molar-refractivity contribution in [2.45, 2.75) is 6.92 Å². The number of fused-ring (bicyclic) bond motifs is 1. The Morgan fingerprint density at radius 3 is 2.94 bits per heavy atom. The van der Waals surface area contributed by atoms with Gasteiger partial charge in [0.2, 0.25) is 5.88 Å². The Bertz CT molecular complexity index is 699. The number of nitrogens with zero attached hydrogens (tertiary/aromatic N) is 1. The second-order valence-electron chi connectivity index (χ2n) is 3.96. The molecule has 0 saturated heterocycles. The number of aryl methyl sites for hydroxylation is 1. The molecular weight excluding hydrogens is 238 g/mol. The number of nitrogen functional groups attached to an aromatic ring is 1. The van der Waals surface area contributed by atoms with Gasteiger partial charge in [-0.25, -0.2) is 0 Å². The molecule has 3 N–H and O–H groups in total. The van der Waals surface area contributed by atoms with Crippen LogP contribution in [0.15, 0.2) is 29.0 Å². The van der Waals surface area contributed by atoms with Gasteiger partial charge >= 0.3 is 0 Å². The van der Waals surface area contributed by atoms with E-state index in [1.807, 2.05) is 25.3 Å². The summed E-state index contributed by atoms with van der Waals surface area (Å²) in [6.07, 6.45) is 3.52. The Morgan fingerprint density at radius 1 is 1.41 bits per heavy atom. The Morgan fingerprint density at radius 2 is 2.24 bits per heavy atom. The number of nitrogens with two attached hydrogens (primary N) is 1. The molecule has 5 heteroatoms. The summed E-state index contributed by atoms with van der Waals surface area (Å²) >= 11 is 6.22. The maximum absolute atomic E-state index is 6.22. The molecule has 4 nitrogen and oxygen atoms in total. The van der Waals surface area contributed by atoms with Crippen LogP contribution >= 0.6 is 11.6 Å². The van der Waals surface area contributed by atoms with E-state index in [1.165, 1.54) is 0 Å². The number of aromatic nitrogens is 2. The molecular formula is C12H10ClN3O. The molecule has 86 valence electrons. The second kappa shape index (κ2) is 3.53. The molecule has 0 bridgehead atoms. The minimum absolute atomic E-state index is 0.300. The molecule has 0 spiro atoms. The summed E-state index contributed by atoms with van der Waals surface area (Å²) in [4.78, 5) is 3.14. The molecule has 17 heavy (non-hydrogen) atoms. The highest BCUT2D eigenvalue weighted by atomic mass is 35.5. The molecule has 3 aromatic rings. The highest BCUT2D eigenvalue weighted by molar-refractivity contribution is 6.35.